The normalized spacial score (nSPS) is 11.7. The number of carbonyl (C=O) groups is 3. The number of ether oxygens (including phenoxy) is 2. The minimum absolute atomic E-state index is 0.0676. The van der Waals surface area contributed by atoms with Crippen molar-refractivity contribution in [2.45, 2.75) is 26.5 Å². The Balaban J connectivity index is 1.67. The molecule has 1 atom stereocenters. The van der Waals surface area contributed by atoms with Crippen molar-refractivity contribution in [2.24, 2.45) is 11.0 Å². The van der Waals surface area contributed by atoms with Crippen molar-refractivity contribution in [3.8, 4) is 11.5 Å². The molecule has 3 aromatic carbocycles. The maximum atomic E-state index is 12.8. The first-order valence-corrected chi connectivity index (χ1v) is 12.6. The summed E-state index contributed by atoms with van der Waals surface area (Å²) in [7, 11) is 1.45. The van der Waals surface area contributed by atoms with Crippen LogP contribution in [0.2, 0.25) is 10.0 Å². The monoisotopic (exact) mass is 571 g/mol. The predicted octanol–water partition coefficient (Wildman–Crippen LogP) is 5.18. The second-order valence-corrected chi connectivity index (χ2v) is 9.61. The van der Waals surface area contributed by atoms with Gasteiger partial charge < -0.3 is 19.9 Å². The lowest BCUT2D eigenvalue weighted by Gasteiger charge is -2.20. The number of rotatable bonds is 11. The van der Waals surface area contributed by atoms with Crippen LogP contribution >= 0.6 is 23.2 Å². The van der Waals surface area contributed by atoms with Gasteiger partial charge in [-0.1, -0.05) is 55.2 Å². The number of carboxylic acids is 1. The highest BCUT2D eigenvalue weighted by Gasteiger charge is 2.24. The molecule has 204 valence electrons. The van der Waals surface area contributed by atoms with Crippen LogP contribution in [0, 0.1) is 5.92 Å². The molecule has 3 N–H and O–H groups in total. The second-order valence-electron chi connectivity index (χ2n) is 8.77. The van der Waals surface area contributed by atoms with Gasteiger partial charge in [-0.25, -0.2) is 10.2 Å². The van der Waals surface area contributed by atoms with Crippen molar-refractivity contribution in [3.63, 3.8) is 0 Å². The molecule has 0 fully saturated rings. The summed E-state index contributed by atoms with van der Waals surface area (Å²) in [5.74, 6) is -1.60. The van der Waals surface area contributed by atoms with Crippen LogP contribution < -0.4 is 20.2 Å². The molecule has 1 unspecified atom stereocenters. The molecule has 3 aromatic rings. The quantitative estimate of drug-likeness (QED) is 0.215. The summed E-state index contributed by atoms with van der Waals surface area (Å²) in [4.78, 5) is 36.5. The van der Waals surface area contributed by atoms with Gasteiger partial charge in [0.25, 0.3) is 11.8 Å². The van der Waals surface area contributed by atoms with Crippen molar-refractivity contribution >= 4 is 47.2 Å². The number of aromatic carboxylic acids is 1. The molecule has 0 aliphatic carbocycles. The number of amides is 2. The molecular weight excluding hydrogens is 545 g/mol. The van der Waals surface area contributed by atoms with E-state index in [2.05, 4.69) is 15.8 Å². The molecule has 0 heterocycles. The van der Waals surface area contributed by atoms with Gasteiger partial charge in [0.1, 0.15) is 12.6 Å². The van der Waals surface area contributed by atoms with Gasteiger partial charge in [0.15, 0.2) is 11.5 Å². The molecule has 0 aromatic heterocycles. The molecule has 0 aliphatic heterocycles. The fourth-order valence-electron chi connectivity index (χ4n) is 3.53. The number of hydrogen-bond acceptors (Lipinski definition) is 6. The van der Waals surface area contributed by atoms with E-state index in [0.717, 1.165) is 0 Å². The second kappa shape index (κ2) is 13.6. The van der Waals surface area contributed by atoms with Crippen LogP contribution in [-0.4, -0.2) is 42.3 Å². The first-order valence-electron chi connectivity index (χ1n) is 11.8. The molecule has 0 aliphatic rings. The SMILES string of the molecule is COc1cc(/C=N\NC(=O)C(NC(=O)c2cccc(Cl)c2)C(C)C)cc(Cl)c1OCc1cccc(C(=O)O)c1. The highest BCUT2D eigenvalue weighted by atomic mass is 35.5. The zero-order chi connectivity index (χ0) is 28.5. The lowest BCUT2D eigenvalue weighted by molar-refractivity contribution is -0.123. The van der Waals surface area contributed by atoms with E-state index in [0.29, 0.717) is 27.5 Å². The number of hydrogen-bond donors (Lipinski definition) is 3. The molecule has 0 saturated carbocycles. The minimum atomic E-state index is -1.04. The van der Waals surface area contributed by atoms with Gasteiger partial charge in [0, 0.05) is 10.6 Å². The Hall–Kier alpha value is -4.08. The molecule has 0 radical (unpaired) electrons. The van der Waals surface area contributed by atoms with Gasteiger partial charge in [-0.05, 0) is 59.5 Å². The standard InChI is InChI=1S/C28H27Cl2N3O6/c1-16(2)24(32-26(34)19-7-5-9-21(29)13-19)27(35)33-31-14-18-11-22(30)25(23(12-18)38-3)39-15-17-6-4-8-20(10-17)28(36)37/h4-14,16,24H,15H2,1-3H3,(H,32,34)(H,33,35)(H,36,37)/b31-14-. The Bertz CT molecular complexity index is 1390. The predicted molar refractivity (Wildman–Crippen MR) is 149 cm³/mol. The summed E-state index contributed by atoms with van der Waals surface area (Å²) in [6.07, 6.45) is 1.38. The van der Waals surface area contributed by atoms with E-state index in [4.69, 9.17) is 37.8 Å². The third kappa shape index (κ3) is 8.20. The highest BCUT2D eigenvalue weighted by molar-refractivity contribution is 6.32. The summed E-state index contributed by atoms with van der Waals surface area (Å²) in [5.41, 5.74) is 4.08. The smallest absolute Gasteiger partial charge is 0.335 e. The molecule has 0 saturated heterocycles. The molecule has 2 amide bonds. The molecule has 0 spiro atoms. The van der Waals surface area contributed by atoms with Crippen LogP contribution in [0.25, 0.3) is 0 Å². The first kappa shape index (κ1) is 29.5. The largest absolute Gasteiger partial charge is 0.493 e. The Morgan fingerprint density at radius 3 is 2.41 bits per heavy atom. The summed E-state index contributed by atoms with van der Waals surface area (Å²) >= 11 is 12.4. The lowest BCUT2D eigenvalue weighted by atomic mass is 10.0. The number of carbonyl (C=O) groups excluding carboxylic acids is 2. The van der Waals surface area contributed by atoms with Crippen LogP contribution in [0.15, 0.2) is 65.8 Å². The van der Waals surface area contributed by atoms with Crippen LogP contribution in [0.4, 0.5) is 0 Å². The molecule has 0 bridgehead atoms. The summed E-state index contributed by atoms with van der Waals surface area (Å²) in [6, 6.07) is 15.1. The molecule has 11 heteroatoms. The summed E-state index contributed by atoms with van der Waals surface area (Å²) in [5, 5.41) is 16.5. The van der Waals surface area contributed by atoms with E-state index < -0.39 is 23.8 Å². The summed E-state index contributed by atoms with van der Waals surface area (Å²) < 4.78 is 11.2. The highest BCUT2D eigenvalue weighted by Crippen LogP contribution is 2.36. The maximum absolute atomic E-state index is 12.8. The van der Waals surface area contributed by atoms with Crippen molar-refractivity contribution in [1.29, 1.82) is 0 Å². The molecule has 39 heavy (non-hydrogen) atoms. The van der Waals surface area contributed by atoms with Crippen LogP contribution in [0.5, 0.6) is 11.5 Å². The number of nitrogens with zero attached hydrogens (tertiary/aromatic N) is 1. The molecular formula is C28H27Cl2N3O6. The average molecular weight is 572 g/mol. The molecule has 3 rings (SSSR count). The number of halogens is 2. The third-order valence-corrected chi connectivity index (χ3v) is 6.04. The van der Waals surface area contributed by atoms with Gasteiger partial charge in [-0.3, -0.25) is 9.59 Å². The van der Waals surface area contributed by atoms with Gasteiger partial charge in [0.2, 0.25) is 0 Å². The number of benzene rings is 3. The Morgan fingerprint density at radius 1 is 1.03 bits per heavy atom. The van der Waals surface area contributed by atoms with E-state index in [-0.39, 0.29) is 28.9 Å². The average Bonchev–Trinajstić information content (AvgIpc) is 2.90. The topological polar surface area (TPSA) is 126 Å². The zero-order valence-corrected chi connectivity index (χ0v) is 22.9. The van der Waals surface area contributed by atoms with Crippen molar-refractivity contribution in [2.75, 3.05) is 7.11 Å². The van der Waals surface area contributed by atoms with Gasteiger partial charge in [-0.15, -0.1) is 0 Å². The number of methoxy groups -OCH3 is 1. The molecule has 9 nitrogen and oxygen atoms in total. The zero-order valence-electron chi connectivity index (χ0n) is 21.4. The van der Waals surface area contributed by atoms with Crippen LogP contribution in [-0.2, 0) is 11.4 Å². The van der Waals surface area contributed by atoms with Gasteiger partial charge >= 0.3 is 5.97 Å². The first-order chi connectivity index (χ1) is 18.6. The van der Waals surface area contributed by atoms with E-state index >= 15 is 0 Å². The number of hydrazone groups is 1. The summed E-state index contributed by atoms with van der Waals surface area (Å²) in [6.45, 7) is 3.67. The fraction of sp³-hybridized carbons (Fsp3) is 0.214. The van der Waals surface area contributed by atoms with Gasteiger partial charge in [0.05, 0.1) is 23.9 Å². The van der Waals surface area contributed by atoms with Crippen LogP contribution in [0.1, 0.15) is 45.7 Å². The van der Waals surface area contributed by atoms with Gasteiger partial charge in [-0.2, -0.15) is 5.10 Å². The maximum Gasteiger partial charge on any atom is 0.335 e. The van der Waals surface area contributed by atoms with E-state index in [9.17, 15) is 14.4 Å². The Morgan fingerprint density at radius 2 is 1.74 bits per heavy atom. The van der Waals surface area contributed by atoms with Crippen molar-refractivity contribution in [1.82, 2.24) is 10.7 Å². The number of carboxylic acid groups (broad SMARTS) is 1. The fourth-order valence-corrected chi connectivity index (χ4v) is 4.00. The van der Waals surface area contributed by atoms with Crippen molar-refractivity contribution < 1.29 is 29.0 Å². The number of nitrogens with one attached hydrogen (secondary N) is 2. The third-order valence-electron chi connectivity index (χ3n) is 5.52. The van der Waals surface area contributed by atoms with Crippen molar-refractivity contribution in [3.05, 3.63) is 93.0 Å². The minimum Gasteiger partial charge on any atom is -0.493 e. The van der Waals surface area contributed by atoms with E-state index in [1.54, 1.807) is 56.3 Å². The van der Waals surface area contributed by atoms with E-state index in [1.165, 1.54) is 31.5 Å². The lowest BCUT2D eigenvalue weighted by Crippen LogP contribution is -2.48. The van der Waals surface area contributed by atoms with E-state index in [1.807, 2.05) is 0 Å². The van der Waals surface area contributed by atoms with Crippen LogP contribution in [0.3, 0.4) is 0 Å². The Labute approximate surface area is 235 Å². The Kier molecular flexibility index (Phi) is 10.3.